The Bertz CT molecular complexity index is 1010. The molecule has 4 N–H and O–H groups in total. The summed E-state index contributed by atoms with van der Waals surface area (Å²) in [6.45, 7) is 2.09. The first-order valence-corrected chi connectivity index (χ1v) is 8.82. The van der Waals surface area contributed by atoms with Crippen LogP contribution in [-0.2, 0) is 6.42 Å². The van der Waals surface area contributed by atoms with E-state index >= 15 is 0 Å². The molecule has 28 heavy (non-hydrogen) atoms. The van der Waals surface area contributed by atoms with Crippen LogP contribution in [0.4, 0.5) is 5.82 Å². The van der Waals surface area contributed by atoms with Crippen molar-refractivity contribution in [2.45, 2.75) is 19.8 Å². The van der Waals surface area contributed by atoms with Crippen LogP contribution in [0, 0.1) is 0 Å². The summed E-state index contributed by atoms with van der Waals surface area (Å²) in [5.41, 5.74) is 5.15. The predicted octanol–water partition coefficient (Wildman–Crippen LogP) is 2.35. The van der Waals surface area contributed by atoms with Gasteiger partial charge >= 0.3 is 0 Å². The smallest absolute Gasteiger partial charge is 0.283 e. The average molecular weight is 376 g/mol. The average Bonchev–Trinajstić information content (AvgIpc) is 2.74. The molecule has 0 saturated carbocycles. The Labute approximate surface area is 162 Å². The first-order valence-electron chi connectivity index (χ1n) is 8.82. The molecule has 8 nitrogen and oxygen atoms in total. The summed E-state index contributed by atoms with van der Waals surface area (Å²) in [6, 6.07) is 12.1. The van der Waals surface area contributed by atoms with E-state index in [0.717, 1.165) is 29.7 Å². The number of pyridine rings is 3. The number of anilines is 1. The highest BCUT2D eigenvalue weighted by Crippen LogP contribution is 2.23. The zero-order chi connectivity index (χ0) is 19.9. The summed E-state index contributed by atoms with van der Waals surface area (Å²) in [5, 5.41) is 2.65. The number of aryl methyl sites for hydroxylation is 1. The van der Waals surface area contributed by atoms with Gasteiger partial charge in [-0.15, -0.1) is 0 Å². The lowest BCUT2D eigenvalue weighted by molar-refractivity contribution is 0.0947. The van der Waals surface area contributed by atoms with Gasteiger partial charge in [-0.3, -0.25) is 25.0 Å². The van der Waals surface area contributed by atoms with Crippen LogP contribution >= 0.6 is 0 Å². The molecule has 8 heteroatoms. The predicted molar refractivity (Wildman–Crippen MR) is 105 cm³/mol. The second-order valence-electron chi connectivity index (χ2n) is 6.01. The largest absolute Gasteiger partial charge is 0.305 e. The van der Waals surface area contributed by atoms with Crippen molar-refractivity contribution < 1.29 is 9.59 Å². The molecule has 0 fully saturated rings. The first-order chi connectivity index (χ1) is 13.6. The number of nitrogen functional groups attached to an aromatic ring is 1. The van der Waals surface area contributed by atoms with Gasteiger partial charge in [0.05, 0.1) is 0 Å². The summed E-state index contributed by atoms with van der Waals surface area (Å²) < 4.78 is 0. The van der Waals surface area contributed by atoms with Gasteiger partial charge < -0.3 is 5.32 Å². The molecule has 3 aromatic heterocycles. The minimum Gasteiger partial charge on any atom is -0.305 e. The van der Waals surface area contributed by atoms with Gasteiger partial charge in [0, 0.05) is 23.7 Å². The van der Waals surface area contributed by atoms with Crippen LogP contribution in [0.15, 0.2) is 54.9 Å². The molecule has 0 radical (unpaired) electrons. The normalized spacial score (nSPS) is 10.4. The second-order valence-corrected chi connectivity index (χ2v) is 6.01. The molecule has 0 spiro atoms. The lowest BCUT2D eigenvalue weighted by Crippen LogP contribution is -2.30. The monoisotopic (exact) mass is 376 g/mol. The number of hydrazine groups is 1. The standard InChI is InChI=1S/C20H20N6O2/c1-2-5-15-14(6-4-10-22-15)13-9-11-23-17(12-13)19(27)25-18-8-3-7-16(24-18)20(28)26-21/h3-4,6-12H,2,5,21H2,1H3,(H,26,28)(H,24,25,27). The minimum atomic E-state index is -0.545. The van der Waals surface area contributed by atoms with Crippen LogP contribution in [0.2, 0.25) is 0 Å². The SMILES string of the molecule is CCCc1ncccc1-c1ccnc(C(=O)Nc2cccc(C(=O)NN)n2)c1. The summed E-state index contributed by atoms with van der Waals surface area (Å²) in [7, 11) is 0. The third-order valence-corrected chi connectivity index (χ3v) is 4.04. The Morgan fingerprint density at radius 2 is 1.86 bits per heavy atom. The van der Waals surface area contributed by atoms with Crippen molar-refractivity contribution in [1.82, 2.24) is 20.4 Å². The van der Waals surface area contributed by atoms with Gasteiger partial charge in [0.1, 0.15) is 17.2 Å². The molecule has 0 aliphatic rings. The molecule has 142 valence electrons. The molecule has 0 unspecified atom stereocenters. The van der Waals surface area contributed by atoms with Gasteiger partial charge in [-0.1, -0.05) is 25.5 Å². The molecule has 0 saturated heterocycles. The second kappa shape index (κ2) is 8.83. The van der Waals surface area contributed by atoms with Gasteiger partial charge in [0.25, 0.3) is 11.8 Å². The van der Waals surface area contributed by atoms with Gasteiger partial charge in [-0.25, -0.2) is 10.8 Å². The summed E-state index contributed by atoms with van der Waals surface area (Å²) in [4.78, 5) is 36.8. The van der Waals surface area contributed by atoms with Crippen LogP contribution in [-0.4, -0.2) is 26.8 Å². The number of rotatable bonds is 6. The van der Waals surface area contributed by atoms with E-state index in [2.05, 4.69) is 27.2 Å². The molecule has 3 rings (SSSR count). The summed E-state index contributed by atoms with van der Waals surface area (Å²) in [6.07, 6.45) is 5.17. The van der Waals surface area contributed by atoms with Crippen LogP contribution < -0.4 is 16.6 Å². The zero-order valence-electron chi connectivity index (χ0n) is 15.3. The van der Waals surface area contributed by atoms with Crippen LogP contribution in [0.5, 0.6) is 0 Å². The Morgan fingerprint density at radius 1 is 1.00 bits per heavy atom. The van der Waals surface area contributed by atoms with E-state index in [9.17, 15) is 9.59 Å². The highest BCUT2D eigenvalue weighted by molar-refractivity contribution is 6.03. The van der Waals surface area contributed by atoms with Crippen molar-refractivity contribution in [3.8, 4) is 11.1 Å². The molecule has 2 amide bonds. The number of amides is 2. The molecular formula is C20H20N6O2. The number of hydrogen-bond donors (Lipinski definition) is 3. The first kappa shape index (κ1) is 19.1. The fourth-order valence-electron chi connectivity index (χ4n) is 2.74. The van der Waals surface area contributed by atoms with E-state index in [0.29, 0.717) is 0 Å². The van der Waals surface area contributed by atoms with Gasteiger partial charge in [0.15, 0.2) is 0 Å². The highest BCUT2D eigenvalue weighted by atomic mass is 16.2. The van der Waals surface area contributed by atoms with E-state index in [1.807, 2.05) is 23.6 Å². The maximum atomic E-state index is 12.6. The van der Waals surface area contributed by atoms with Crippen molar-refractivity contribution in [1.29, 1.82) is 0 Å². The molecule has 3 aromatic rings. The Hall–Kier alpha value is -3.65. The van der Waals surface area contributed by atoms with E-state index in [1.54, 1.807) is 30.6 Å². The van der Waals surface area contributed by atoms with E-state index in [4.69, 9.17) is 5.84 Å². The summed E-state index contributed by atoms with van der Waals surface area (Å²) in [5.74, 6) is 4.36. The lowest BCUT2D eigenvalue weighted by atomic mass is 10.0. The molecular weight excluding hydrogens is 356 g/mol. The van der Waals surface area contributed by atoms with Crippen molar-refractivity contribution in [2.75, 3.05) is 5.32 Å². The molecule has 0 aliphatic heterocycles. The van der Waals surface area contributed by atoms with Gasteiger partial charge in [0.2, 0.25) is 0 Å². The number of aromatic nitrogens is 3. The number of nitrogens with zero attached hydrogens (tertiary/aromatic N) is 3. The Kier molecular flexibility index (Phi) is 6.03. The van der Waals surface area contributed by atoms with Crippen molar-refractivity contribution in [2.24, 2.45) is 5.84 Å². The fourth-order valence-corrected chi connectivity index (χ4v) is 2.74. The van der Waals surface area contributed by atoms with Crippen LogP contribution in [0.25, 0.3) is 11.1 Å². The number of carbonyl (C=O) groups excluding carboxylic acids is 2. The topological polar surface area (TPSA) is 123 Å². The maximum Gasteiger partial charge on any atom is 0.283 e. The third-order valence-electron chi connectivity index (χ3n) is 4.04. The fraction of sp³-hybridized carbons (Fsp3) is 0.150. The van der Waals surface area contributed by atoms with Gasteiger partial charge in [-0.2, -0.15) is 0 Å². The van der Waals surface area contributed by atoms with Crippen molar-refractivity contribution in [3.05, 3.63) is 71.9 Å². The number of nitrogens with two attached hydrogens (primary N) is 1. The molecule has 3 heterocycles. The molecule has 0 aromatic carbocycles. The van der Waals surface area contributed by atoms with Gasteiger partial charge in [-0.05, 0) is 42.3 Å². The Morgan fingerprint density at radius 3 is 2.64 bits per heavy atom. The van der Waals surface area contributed by atoms with E-state index in [1.165, 1.54) is 6.07 Å². The van der Waals surface area contributed by atoms with E-state index < -0.39 is 11.8 Å². The number of hydrogen-bond acceptors (Lipinski definition) is 6. The Balaban J connectivity index is 1.85. The number of nitrogens with one attached hydrogen (secondary N) is 2. The highest BCUT2D eigenvalue weighted by Gasteiger charge is 2.13. The number of carbonyl (C=O) groups is 2. The third kappa shape index (κ3) is 4.36. The van der Waals surface area contributed by atoms with E-state index in [-0.39, 0.29) is 17.2 Å². The lowest BCUT2D eigenvalue weighted by Gasteiger charge is -2.09. The summed E-state index contributed by atoms with van der Waals surface area (Å²) >= 11 is 0. The minimum absolute atomic E-state index is 0.0987. The molecule has 0 bridgehead atoms. The van der Waals surface area contributed by atoms with Crippen molar-refractivity contribution in [3.63, 3.8) is 0 Å². The molecule has 0 aliphatic carbocycles. The molecule has 0 atom stereocenters. The van der Waals surface area contributed by atoms with Crippen LogP contribution in [0.3, 0.4) is 0 Å². The maximum absolute atomic E-state index is 12.6. The van der Waals surface area contributed by atoms with Crippen molar-refractivity contribution >= 4 is 17.6 Å². The zero-order valence-corrected chi connectivity index (χ0v) is 15.3. The van der Waals surface area contributed by atoms with Crippen LogP contribution in [0.1, 0.15) is 40.0 Å². The quantitative estimate of drug-likeness (QED) is 0.345.